The number of thiophene rings is 1. The number of aromatic nitrogens is 2. The van der Waals surface area contributed by atoms with Crippen LogP contribution in [0.4, 0.5) is 5.82 Å². The van der Waals surface area contributed by atoms with Crippen LogP contribution in [0.1, 0.15) is 26.7 Å². The quantitative estimate of drug-likeness (QED) is 0.561. The fourth-order valence-corrected chi connectivity index (χ4v) is 5.88. The average Bonchev–Trinajstić information content (AvgIpc) is 3.22. The van der Waals surface area contributed by atoms with Crippen LogP contribution in [-0.4, -0.2) is 61.6 Å². The third-order valence-electron chi connectivity index (χ3n) is 6.08. The van der Waals surface area contributed by atoms with Gasteiger partial charge < -0.3 is 9.80 Å². The maximum Gasteiger partial charge on any atom is 0.225 e. The van der Waals surface area contributed by atoms with Crippen LogP contribution in [0.3, 0.4) is 0 Å². The molecule has 1 saturated heterocycles. The van der Waals surface area contributed by atoms with Gasteiger partial charge in [-0.25, -0.2) is 18.4 Å². The molecule has 7 nitrogen and oxygen atoms in total. The molecule has 0 unspecified atom stereocenters. The van der Waals surface area contributed by atoms with Crippen LogP contribution in [0, 0.1) is 5.92 Å². The lowest BCUT2D eigenvalue weighted by Gasteiger charge is -2.38. The molecule has 0 atom stereocenters. The van der Waals surface area contributed by atoms with Crippen molar-refractivity contribution in [1.82, 2.24) is 14.9 Å². The van der Waals surface area contributed by atoms with Crippen molar-refractivity contribution in [3.63, 3.8) is 0 Å². The van der Waals surface area contributed by atoms with Gasteiger partial charge in [-0.1, -0.05) is 26.0 Å². The summed E-state index contributed by atoms with van der Waals surface area (Å²) < 4.78 is 24.5. The smallest absolute Gasteiger partial charge is 0.225 e. The Balaban J connectivity index is 1.58. The molecule has 0 saturated carbocycles. The van der Waals surface area contributed by atoms with Crippen molar-refractivity contribution >= 4 is 43.1 Å². The minimum atomic E-state index is -3.23. The molecular weight excluding hydrogens is 444 g/mol. The Morgan fingerprint density at radius 3 is 2.41 bits per heavy atom. The zero-order valence-corrected chi connectivity index (χ0v) is 20.4. The van der Waals surface area contributed by atoms with Crippen LogP contribution in [0.25, 0.3) is 21.3 Å². The monoisotopic (exact) mass is 472 g/mol. The Kier molecular flexibility index (Phi) is 6.22. The Morgan fingerprint density at radius 2 is 1.81 bits per heavy atom. The van der Waals surface area contributed by atoms with Crippen LogP contribution in [0.15, 0.2) is 40.9 Å². The SMILES string of the molecule is CC(C)C(=O)N1CCC(N(C)c2ncnc3c(-c4ccc(S(C)(=O)=O)cc4)csc23)CC1. The van der Waals surface area contributed by atoms with E-state index in [4.69, 9.17) is 0 Å². The van der Waals surface area contributed by atoms with Crippen LogP contribution >= 0.6 is 11.3 Å². The van der Waals surface area contributed by atoms with Crippen LogP contribution in [-0.2, 0) is 14.6 Å². The molecule has 170 valence electrons. The molecule has 1 amide bonds. The number of anilines is 1. The minimum Gasteiger partial charge on any atom is -0.355 e. The minimum absolute atomic E-state index is 0.0295. The number of hydrogen-bond donors (Lipinski definition) is 0. The van der Waals surface area contributed by atoms with E-state index in [1.807, 2.05) is 30.9 Å². The van der Waals surface area contributed by atoms with E-state index in [0.29, 0.717) is 10.9 Å². The molecule has 0 aliphatic carbocycles. The number of nitrogens with zero attached hydrogens (tertiary/aromatic N) is 4. The highest BCUT2D eigenvalue weighted by atomic mass is 32.2. The van der Waals surface area contributed by atoms with Gasteiger partial charge in [-0.3, -0.25) is 4.79 Å². The van der Waals surface area contributed by atoms with Crippen molar-refractivity contribution in [2.45, 2.75) is 37.6 Å². The van der Waals surface area contributed by atoms with E-state index in [1.54, 1.807) is 29.8 Å². The number of sulfone groups is 1. The predicted molar refractivity (Wildman–Crippen MR) is 129 cm³/mol. The van der Waals surface area contributed by atoms with Gasteiger partial charge in [-0.2, -0.15) is 0 Å². The molecule has 1 aliphatic rings. The lowest BCUT2D eigenvalue weighted by molar-refractivity contribution is -0.135. The molecule has 1 fully saturated rings. The van der Waals surface area contributed by atoms with E-state index < -0.39 is 9.84 Å². The third-order valence-corrected chi connectivity index (χ3v) is 8.17. The molecule has 3 heterocycles. The first-order valence-electron chi connectivity index (χ1n) is 10.7. The van der Waals surface area contributed by atoms with Gasteiger partial charge in [0, 0.05) is 49.3 Å². The molecule has 3 aromatic rings. The molecule has 0 bridgehead atoms. The summed E-state index contributed by atoms with van der Waals surface area (Å²) >= 11 is 1.60. The van der Waals surface area contributed by atoms with E-state index in [2.05, 4.69) is 27.3 Å². The lowest BCUT2D eigenvalue weighted by atomic mass is 10.0. The van der Waals surface area contributed by atoms with E-state index >= 15 is 0 Å². The number of benzene rings is 1. The Labute approximate surface area is 193 Å². The Morgan fingerprint density at radius 1 is 1.16 bits per heavy atom. The van der Waals surface area contributed by atoms with Gasteiger partial charge in [0.2, 0.25) is 5.91 Å². The topological polar surface area (TPSA) is 83.5 Å². The van der Waals surface area contributed by atoms with Crippen molar-refractivity contribution in [3.8, 4) is 11.1 Å². The predicted octanol–water partition coefficient (Wildman–Crippen LogP) is 3.85. The fourth-order valence-electron chi connectivity index (χ4n) is 4.19. The summed E-state index contributed by atoms with van der Waals surface area (Å²) in [7, 11) is -1.17. The first kappa shape index (κ1) is 22.7. The average molecular weight is 473 g/mol. The summed E-state index contributed by atoms with van der Waals surface area (Å²) in [5.41, 5.74) is 2.77. The maximum absolute atomic E-state index is 12.3. The molecule has 0 N–H and O–H groups in total. The lowest BCUT2D eigenvalue weighted by Crippen LogP contribution is -2.47. The largest absolute Gasteiger partial charge is 0.355 e. The molecule has 32 heavy (non-hydrogen) atoms. The van der Waals surface area contributed by atoms with Gasteiger partial charge in [0.15, 0.2) is 9.84 Å². The van der Waals surface area contributed by atoms with Gasteiger partial charge in [-0.05, 0) is 30.5 Å². The van der Waals surface area contributed by atoms with Gasteiger partial charge in [0.05, 0.1) is 15.1 Å². The Bertz CT molecular complexity index is 1230. The van der Waals surface area contributed by atoms with Crippen molar-refractivity contribution in [2.75, 3.05) is 31.3 Å². The van der Waals surface area contributed by atoms with Crippen LogP contribution in [0.2, 0.25) is 0 Å². The van der Waals surface area contributed by atoms with Crippen molar-refractivity contribution in [3.05, 3.63) is 36.0 Å². The zero-order valence-electron chi connectivity index (χ0n) is 18.8. The number of hydrogen-bond acceptors (Lipinski definition) is 7. The maximum atomic E-state index is 12.3. The number of fused-ring (bicyclic) bond motifs is 1. The van der Waals surface area contributed by atoms with E-state index in [1.165, 1.54) is 6.26 Å². The molecule has 0 spiro atoms. The highest BCUT2D eigenvalue weighted by Crippen LogP contribution is 2.38. The summed E-state index contributed by atoms with van der Waals surface area (Å²) in [6.07, 6.45) is 4.62. The second-order valence-electron chi connectivity index (χ2n) is 8.64. The normalized spacial score (nSPS) is 15.5. The molecule has 4 rings (SSSR count). The summed E-state index contributed by atoms with van der Waals surface area (Å²) in [6, 6.07) is 7.22. The first-order valence-corrected chi connectivity index (χ1v) is 13.5. The van der Waals surface area contributed by atoms with Crippen LogP contribution < -0.4 is 4.90 Å². The third kappa shape index (κ3) is 4.36. The first-order chi connectivity index (χ1) is 15.2. The molecule has 2 aromatic heterocycles. The second kappa shape index (κ2) is 8.78. The molecular formula is C23H28N4O3S2. The molecule has 1 aromatic carbocycles. The number of piperidine rings is 1. The number of rotatable bonds is 5. The zero-order chi connectivity index (χ0) is 23.0. The summed E-state index contributed by atoms with van der Waals surface area (Å²) in [6.45, 7) is 5.42. The van der Waals surface area contributed by atoms with Crippen molar-refractivity contribution in [2.24, 2.45) is 5.92 Å². The fraction of sp³-hybridized carbons (Fsp3) is 0.435. The van der Waals surface area contributed by atoms with E-state index in [0.717, 1.165) is 53.1 Å². The summed E-state index contributed by atoms with van der Waals surface area (Å²) in [4.78, 5) is 25.9. The van der Waals surface area contributed by atoms with Crippen LogP contribution in [0.5, 0.6) is 0 Å². The second-order valence-corrected chi connectivity index (χ2v) is 11.5. The highest BCUT2D eigenvalue weighted by Gasteiger charge is 2.28. The van der Waals surface area contributed by atoms with Crippen molar-refractivity contribution < 1.29 is 13.2 Å². The summed E-state index contributed by atoms with van der Waals surface area (Å²) in [5, 5.41) is 2.05. The summed E-state index contributed by atoms with van der Waals surface area (Å²) in [5.74, 6) is 1.15. The van der Waals surface area contributed by atoms with Crippen molar-refractivity contribution in [1.29, 1.82) is 0 Å². The molecule has 9 heteroatoms. The number of carbonyl (C=O) groups excluding carboxylic acids is 1. The van der Waals surface area contributed by atoms with E-state index in [9.17, 15) is 13.2 Å². The standard InChI is InChI=1S/C23H28N4O3S2/c1-15(2)23(28)27-11-9-17(10-12-27)26(3)22-21-20(24-14-25-22)19(13-31-21)16-5-7-18(8-6-16)32(4,29)30/h5-8,13-15,17H,9-12H2,1-4H3. The van der Waals surface area contributed by atoms with Gasteiger partial charge in [-0.15, -0.1) is 11.3 Å². The number of likely N-dealkylation sites (tertiary alicyclic amines) is 1. The number of amides is 1. The number of carbonyl (C=O) groups is 1. The molecule has 1 aliphatic heterocycles. The van der Waals surface area contributed by atoms with E-state index in [-0.39, 0.29) is 11.8 Å². The highest BCUT2D eigenvalue weighted by molar-refractivity contribution is 7.90. The van der Waals surface area contributed by atoms with Gasteiger partial charge >= 0.3 is 0 Å². The van der Waals surface area contributed by atoms with Gasteiger partial charge in [0.25, 0.3) is 0 Å². The van der Waals surface area contributed by atoms with Gasteiger partial charge in [0.1, 0.15) is 12.1 Å². The molecule has 0 radical (unpaired) electrons. The Hall–Kier alpha value is -2.52.